The number of rotatable bonds is 5. The lowest BCUT2D eigenvalue weighted by molar-refractivity contribution is -0.274. The molecule has 1 aromatic carbocycles. The summed E-state index contributed by atoms with van der Waals surface area (Å²) in [5, 5.41) is 6.14. The van der Waals surface area contributed by atoms with Gasteiger partial charge in [-0.2, -0.15) is 0 Å². The van der Waals surface area contributed by atoms with Crippen molar-refractivity contribution < 1.29 is 22.7 Å². The number of carbonyl (C=O) groups is 1. The second-order valence-electron chi connectivity index (χ2n) is 8.26. The van der Waals surface area contributed by atoms with Gasteiger partial charge in [0, 0.05) is 31.2 Å². The van der Waals surface area contributed by atoms with Gasteiger partial charge in [0.1, 0.15) is 17.1 Å². The molecule has 2 saturated heterocycles. The predicted molar refractivity (Wildman–Crippen MR) is 120 cm³/mol. The summed E-state index contributed by atoms with van der Waals surface area (Å²) in [7, 11) is 0. The summed E-state index contributed by atoms with van der Waals surface area (Å²) in [6, 6.07) is 9.55. The summed E-state index contributed by atoms with van der Waals surface area (Å²) >= 11 is 0. The van der Waals surface area contributed by atoms with Crippen LogP contribution in [0.25, 0.3) is 17.1 Å². The molecule has 34 heavy (non-hydrogen) atoms. The van der Waals surface area contributed by atoms with Crippen molar-refractivity contribution in [3.05, 3.63) is 53.7 Å². The Kier molecular flexibility index (Phi) is 5.56. The Labute approximate surface area is 192 Å². The van der Waals surface area contributed by atoms with Crippen molar-refractivity contribution in [2.45, 2.75) is 31.8 Å². The van der Waals surface area contributed by atoms with Crippen molar-refractivity contribution in [3.8, 4) is 5.75 Å². The molecule has 0 radical (unpaired) electrons. The fourth-order valence-electron chi connectivity index (χ4n) is 4.27. The van der Waals surface area contributed by atoms with Crippen LogP contribution in [0.4, 0.5) is 24.9 Å². The lowest BCUT2D eigenvalue weighted by Crippen LogP contribution is -2.44. The van der Waals surface area contributed by atoms with E-state index < -0.39 is 12.3 Å². The highest BCUT2D eigenvalue weighted by Crippen LogP contribution is 2.29. The van der Waals surface area contributed by atoms with E-state index in [0.29, 0.717) is 40.4 Å². The first kappa shape index (κ1) is 22.1. The number of pyridine rings is 1. The van der Waals surface area contributed by atoms with Crippen LogP contribution in [0, 0.1) is 6.92 Å². The number of alkyl halides is 3. The van der Waals surface area contributed by atoms with E-state index in [0.717, 1.165) is 25.2 Å². The van der Waals surface area contributed by atoms with Gasteiger partial charge in [0.2, 0.25) is 11.9 Å². The molecule has 2 aliphatic rings. The number of fused-ring (bicyclic) bond motifs is 3. The number of amides is 1. The summed E-state index contributed by atoms with van der Waals surface area (Å²) in [6.07, 6.45) is -0.898. The van der Waals surface area contributed by atoms with E-state index >= 15 is 0 Å². The second-order valence-corrected chi connectivity index (χ2v) is 8.26. The van der Waals surface area contributed by atoms with E-state index in [-0.39, 0.29) is 5.75 Å². The standard InChI is InChI=1S/C23H21F3N6O2/c1-13-21-18(29-22(28-13)32-12-15-10-16(32)11-27-15)7-8-19(31-21)30-20(33)9-4-14-2-5-17(6-3-14)34-23(24,25)26/h2-9,15-16,27H,10-12H2,1H3,(H,30,31,33)/b9-4+. The smallest absolute Gasteiger partial charge is 0.406 e. The number of nitrogens with one attached hydrogen (secondary N) is 2. The summed E-state index contributed by atoms with van der Waals surface area (Å²) in [5.41, 5.74) is 2.57. The minimum atomic E-state index is -4.75. The molecular formula is C23H21F3N6O2. The highest BCUT2D eigenvalue weighted by Gasteiger charge is 2.39. The fraction of sp³-hybridized carbons (Fsp3) is 0.304. The van der Waals surface area contributed by atoms with Crippen LogP contribution in [-0.2, 0) is 4.79 Å². The molecule has 2 aliphatic heterocycles. The largest absolute Gasteiger partial charge is 0.573 e. The number of carbonyl (C=O) groups excluding carboxylic acids is 1. The lowest BCUT2D eigenvalue weighted by Gasteiger charge is -2.27. The number of aromatic nitrogens is 3. The first-order valence-corrected chi connectivity index (χ1v) is 10.7. The molecule has 0 saturated carbocycles. The van der Waals surface area contributed by atoms with E-state index in [1.54, 1.807) is 12.1 Å². The van der Waals surface area contributed by atoms with Gasteiger partial charge in [-0.25, -0.2) is 15.0 Å². The third-order valence-electron chi connectivity index (χ3n) is 5.81. The Balaban J connectivity index is 1.26. The first-order chi connectivity index (χ1) is 16.2. The zero-order valence-electron chi connectivity index (χ0n) is 18.1. The molecule has 2 atom stereocenters. The number of halogens is 3. The van der Waals surface area contributed by atoms with Gasteiger partial charge < -0.3 is 20.3 Å². The molecule has 2 bridgehead atoms. The Bertz CT molecular complexity index is 1260. The monoisotopic (exact) mass is 470 g/mol. The van der Waals surface area contributed by atoms with E-state index in [1.165, 1.54) is 36.4 Å². The van der Waals surface area contributed by atoms with Crippen molar-refractivity contribution in [1.29, 1.82) is 0 Å². The number of ether oxygens (including phenoxy) is 1. The van der Waals surface area contributed by atoms with E-state index in [2.05, 4.69) is 35.2 Å². The molecule has 11 heteroatoms. The molecule has 176 valence electrons. The molecule has 4 heterocycles. The number of anilines is 2. The van der Waals surface area contributed by atoms with Gasteiger partial charge in [-0.15, -0.1) is 13.2 Å². The zero-order chi connectivity index (χ0) is 23.9. The number of aryl methyl sites for hydroxylation is 1. The molecule has 2 aromatic heterocycles. The highest BCUT2D eigenvalue weighted by molar-refractivity contribution is 6.01. The Morgan fingerprint density at radius 2 is 1.97 bits per heavy atom. The minimum Gasteiger partial charge on any atom is -0.406 e. The second kappa shape index (κ2) is 8.56. The Morgan fingerprint density at radius 3 is 2.65 bits per heavy atom. The summed E-state index contributed by atoms with van der Waals surface area (Å²) in [4.78, 5) is 28.4. The summed E-state index contributed by atoms with van der Waals surface area (Å²) in [5.74, 6) is 0.287. The molecular weight excluding hydrogens is 449 g/mol. The van der Waals surface area contributed by atoms with Crippen LogP contribution < -0.4 is 20.3 Å². The third kappa shape index (κ3) is 4.79. The quantitative estimate of drug-likeness (QED) is 0.552. The molecule has 0 aliphatic carbocycles. The maximum Gasteiger partial charge on any atom is 0.573 e. The Morgan fingerprint density at radius 1 is 1.18 bits per heavy atom. The summed E-state index contributed by atoms with van der Waals surface area (Å²) in [6.45, 7) is 3.69. The Hall–Kier alpha value is -3.73. The molecule has 3 aromatic rings. The number of benzene rings is 1. The number of piperazine rings is 1. The van der Waals surface area contributed by atoms with Crippen LogP contribution in [0.15, 0.2) is 42.5 Å². The molecule has 2 N–H and O–H groups in total. The van der Waals surface area contributed by atoms with Gasteiger partial charge in [-0.3, -0.25) is 4.79 Å². The van der Waals surface area contributed by atoms with Crippen molar-refractivity contribution in [2.75, 3.05) is 23.3 Å². The average Bonchev–Trinajstić information content (AvgIpc) is 3.42. The SMILES string of the molecule is Cc1nc(N2CC3CC2CN3)nc2ccc(NC(=O)/C=C/c3ccc(OC(F)(F)F)cc3)nc12. The van der Waals surface area contributed by atoms with Gasteiger partial charge in [-0.1, -0.05) is 12.1 Å². The third-order valence-corrected chi connectivity index (χ3v) is 5.81. The van der Waals surface area contributed by atoms with Gasteiger partial charge in [-0.05, 0) is 49.2 Å². The first-order valence-electron chi connectivity index (χ1n) is 10.7. The summed E-state index contributed by atoms with van der Waals surface area (Å²) < 4.78 is 40.5. The number of hydrogen-bond donors (Lipinski definition) is 2. The van der Waals surface area contributed by atoms with Gasteiger partial charge in [0.15, 0.2) is 0 Å². The molecule has 5 rings (SSSR count). The van der Waals surface area contributed by atoms with E-state index in [1.807, 2.05) is 6.92 Å². The van der Waals surface area contributed by atoms with Crippen LogP contribution in [0.1, 0.15) is 17.7 Å². The van der Waals surface area contributed by atoms with Gasteiger partial charge >= 0.3 is 6.36 Å². The van der Waals surface area contributed by atoms with Crippen LogP contribution in [0.5, 0.6) is 5.75 Å². The van der Waals surface area contributed by atoms with E-state index in [4.69, 9.17) is 0 Å². The molecule has 0 spiro atoms. The van der Waals surface area contributed by atoms with Crippen LogP contribution in [-0.4, -0.2) is 52.4 Å². The maximum atomic E-state index is 12.3. The fourth-order valence-corrected chi connectivity index (χ4v) is 4.27. The topological polar surface area (TPSA) is 92.3 Å². The van der Waals surface area contributed by atoms with Crippen molar-refractivity contribution in [3.63, 3.8) is 0 Å². The lowest BCUT2D eigenvalue weighted by atomic mass is 10.2. The molecule has 1 amide bonds. The predicted octanol–water partition coefficient (Wildman–Crippen LogP) is 3.43. The van der Waals surface area contributed by atoms with E-state index in [9.17, 15) is 18.0 Å². The normalized spacial score (nSPS) is 19.8. The minimum absolute atomic E-state index is 0.330. The zero-order valence-corrected chi connectivity index (χ0v) is 18.1. The van der Waals surface area contributed by atoms with Crippen molar-refractivity contribution in [1.82, 2.24) is 20.3 Å². The number of nitrogens with zero attached hydrogens (tertiary/aromatic N) is 4. The van der Waals surface area contributed by atoms with Gasteiger partial charge in [0.25, 0.3) is 0 Å². The molecule has 2 unspecified atom stereocenters. The van der Waals surface area contributed by atoms with Crippen molar-refractivity contribution >= 4 is 34.8 Å². The highest BCUT2D eigenvalue weighted by atomic mass is 19.4. The van der Waals surface area contributed by atoms with Crippen LogP contribution >= 0.6 is 0 Å². The molecule has 2 fully saturated rings. The molecule has 8 nitrogen and oxygen atoms in total. The van der Waals surface area contributed by atoms with Crippen LogP contribution in [0.3, 0.4) is 0 Å². The van der Waals surface area contributed by atoms with Crippen LogP contribution in [0.2, 0.25) is 0 Å². The number of hydrogen-bond acceptors (Lipinski definition) is 7. The van der Waals surface area contributed by atoms with Gasteiger partial charge in [0.05, 0.1) is 11.2 Å². The average molecular weight is 470 g/mol. The maximum absolute atomic E-state index is 12.3. The van der Waals surface area contributed by atoms with Crippen molar-refractivity contribution in [2.24, 2.45) is 0 Å².